The number of Topliss-reactive ketones (excluding diaryl/α,β-unsaturated/α-hetero) is 1. The van der Waals surface area contributed by atoms with Crippen LogP contribution in [0.5, 0.6) is 0 Å². The van der Waals surface area contributed by atoms with Gasteiger partial charge in [0.2, 0.25) is 0 Å². The van der Waals surface area contributed by atoms with Gasteiger partial charge in [-0.3, -0.25) is 9.59 Å². The van der Waals surface area contributed by atoms with E-state index in [0.29, 0.717) is 40.7 Å². The van der Waals surface area contributed by atoms with Crippen molar-refractivity contribution in [2.75, 3.05) is 13.7 Å². The number of aliphatic hydroxyl groups is 1. The Morgan fingerprint density at radius 1 is 1.00 bits per heavy atom. The second kappa shape index (κ2) is 9.95. The number of rotatable bonds is 8. The number of H-pyrrole nitrogens is 1. The predicted octanol–water partition coefficient (Wildman–Crippen LogP) is 6.90. The van der Waals surface area contributed by atoms with Crippen molar-refractivity contribution in [3.8, 4) is 22.5 Å². The number of fused-ring (bicyclic) bond motifs is 3. The highest BCUT2D eigenvalue weighted by Crippen LogP contribution is 2.41. The third-order valence-electron chi connectivity index (χ3n) is 7.19. The van der Waals surface area contributed by atoms with Gasteiger partial charge in [0.25, 0.3) is 5.91 Å². The van der Waals surface area contributed by atoms with Crippen molar-refractivity contribution in [3.63, 3.8) is 0 Å². The molecule has 6 nitrogen and oxygen atoms in total. The third-order valence-corrected chi connectivity index (χ3v) is 7.19. The second-order valence-corrected chi connectivity index (χ2v) is 10.6. The zero-order chi connectivity index (χ0) is 27.0. The van der Waals surface area contributed by atoms with Gasteiger partial charge in [0.05, 0.1) is 11.1 Å². The molecule has 0 aliphatic rings. The first kappa shape index (κ1) is 25.5. The van der Waals surface area contributed by atoms with Crippen molar-refractivity contribution in [1.82, 2.24) is 10.3 Å². The topological polar surface area (TPSA) is 95.3 Å². The number of hydrogen-bond acceptors (Lipinski definition) is 4. The number of ketones is 1. The molecule has 0 fully saturated rings. The maximum Gasteiger partial charge on any atom is 0.255 e. The first-order valence-electron chi connectivity index (χ1n) is 12.8. The number of aliphatic hydroxyl groups excluding tert-OH is 1. The zero-order valence-corrected chi connectivity index (χ0v) is 22.1. The lowest BCUT2D eigenvalue weighted by atomic mass is 9.82. The van der Waals surface area contributed by atoms with E-state index in [0.717, 1.165) is 33.2 Å². The zero-order valence-electron chi connectivity index (χ0n) is 22.1. The third kappa shape index (κ3) is 4.63. The summed E-state index contributed by atoms with van der Waals surface area (Å²) in [5.41, 5.74) is 6.01. The molecule has 0 bridgehead atoms. The Bertz CT molecular complexity index is 1650. The van der Waals surface area contributed by atoms with Gasteiger partial charge in [-0.2, -0.15) is 0 Å². The van der Waals surface area contributed by atoms with Crippen LogP contribution in [0.3, 0.4) is 0 Å². The fraction of sp³-hybridized carbons (Fsp3) is 0.250. The standard InChI is InChI=1S/C32H32N2O4/c1-19-8-10-20(11-9-19)29-27(31(37)33-4)25-17-24(28-23(12-14-34-28)30(25)38-29)21-6-5-7-22(16-21)26(36)18-32(2,3)13-15-35/h5-12,14,16-17,34-35H,13,15,18H2,1-4H3,(H,33,37). The summed E-state index contributed by atoms with van der Waals surface area (Å²) in [6.45, 7) is 6.05. The first-order valence-corrected chi connectivity index (χ1v) is 12.8. The lowest BCUT2D eigenvalue weighted by Gasteiger charge is -2.22. The SMILES string of the molecule is CNC(=O)c1c(-c2ccc(C)cc2)oc2c1cc(-c1cccc(C(=O)CC(C)(C)CCO)c1)c1[nH]ccc12. The summed E-state index contributed by atoms with van der Waals surface area (Å²) in [4.78, 5) is 29.6. The number of benzene rings is 3. The summed E-state index contributed by atoms with van der Waals surface area (Å²) in [7, 11) is 1.61. The van der Waals surface area contributed by atoms with Gasteiger partial charge in [-0.25, -0.2) is 0 Å². The van der Waals surface area contributed by atoms with Gasteiger partial charge < -0.3 is 19.8 Å². The average molecular weight is 509 g/mol. The monoisotopic (exact) mass is 508 g/mol. The molecule has 0 saturated heterocycles. The highest BCUT2D eigenvalue weighted by atomic mass is 16.3. The number of aryl methyl sites for hydroxylation is 1. The van der Waals surface area contributed by atoms with Gasteiger partial charge in [0.15, 0.2) is 5.78 Å². The summed E-state index contributed by atoms with van der Waals surface area (Å²) in [6.07, 6.45) is 2.76. The van der Waals surface area contributed by atoms with Crippen molar-refractivity contribution in [1.29, 1.82) is 0 Å². The lowest BCUT2D eigenvalue weighted by molar-refractivity contribution is 0.0909. The molecule has 0 aliphatic heterocycles. The first-order chi connectivity index (χ1) is 18.2. The minimum Gasteiger partial charge on any atom is -0.454 e. The number of carbonyl (C=O) groups is 2. The summed E-state index contributed by atoms with van der Waals surface area (Å²) in [6, 6.07) is 19.4. The van der Waals surface area contributed by atoms with E-state index in [1.165, 1.54) is 0 Å². The van der Waals surface area contributed by atoms with Crippen molar-refractivity contribution >= 4 is 33.6 Å². The fourth-order valence-electron chi connectivity index (χ4n) is 5.05. The summed E-state index contributed by atoms with van der Waals surface area (Å²) in [5, 5.41) is 13.7. The second-order valence-electron chi connectivity index (χ2n) is 10.6. The molecule has 0 saturated carbocycles. The normalized spacial score (nSPS) is 11.8. The van der Waals surface area contributed by atoms with Gasteiger partial charge in [-0.15, -0.1) is 0 Å². The lowest BCUT2D eigenvalue weighted by Crippen LogP contribution is -2.18. The number of furan rings is 1. The number of carbonyl (C=O) groups excluding carboxylic acids is 2. The fourth-order valence-corrected chi connectivity index (χ4v) is 5.05. The predicted molar refractivity (Wildman–Crippen MR) is 152 cm³/mol. The smallest absolute Gasteiger partial charge is 0.255 e. The molecule has 5 aromatic rings. The van der Waals surface area contributed by atoms with E-state index in [4.69, 9.17) is 4.42 Å². The van der Waals surface area contributed by atoms with Crippen LogP contribution in [-0.2, 0) is 0 Å². The quantitative estimate of drug-likeness (QED) is 0.199. The van der Waals surface area contributed by atoms with Crippen molar-refractivity contribution in [2.24, 2.45) is 5.41 Å². The van der Waals surface area contributed by atoms with Crippen LogP contribution in [0.4, 0.5) is 0 Å². The molecule has 0 aliphatic carbocycles. The highest BCUT2D eigenvalue weighted by Gasteiger charge is 2.26. The molecule has 38 heavy (non-hydrogen) atoms. The molecule has 3 aromatic carbocycles. The summed E-state index contributed by atoms with van der Waals surface area (Å²) < 4.78 is 6.39. The van der Waals surface area contributed by atoms with Gasteiger partial charge in [-0.1, -0.05) is 61.9 Å². The van der Waals surface area contributed by atoms with Crippen molar-refractivity contribution in [2.45, 2.75) is 33.6 Å². The van der Waals surface area contributed by atoms with E-state index >= 15 is 0 Å². The van der Waals surface area contributed by atoms with Crippen LogP contribution in [0.15, 0.2) is 71.3 Å². The van der Waals surface area contributed by atoms with Crippen LogP contribution >= 0.6 is 0 Å². The van der Waals surface area contributed by atoms with Gasteiger partial charge >= 0.3 is 0 Å². The minimum atomic E-state index is -0.293. The van der Waals surface area contributed by atoms with Crippen molar-refractivity contribution in [3.05, 3.63) is 83.6 Å². The summed E-state index contributed by atoms with van der Waals surface area (Å²) >= 11 is 0. The van der Waals surface area contributed by atoms with Crippen LogP contribution in [0, 0.1) is 12.3 Å². The molecule has 0 radical (unpaired) electrons. The minimum absolute atomic E-state index is 0.0325. The Kier molecular flexibility index (Phi) is 6.67. The molecule has 0 atom stereocenters. The number of aromatic nitrogens is 1. The molecule has 5 rings (SSSR count). The van der Waals surface area contributed by atoms with Crippen molar-refractivity contribution < 1.29 is 19.1 Å². The highest BCUT2D eigenvalue weighted by molar-refractivity contribution is 6.19. The summed E-state index contributed by atoms with van der Waals surface area (Å²) in [5.74, 6) is 0.328. The Hall–Kier alpha value is -4.16. The molecule has 2 aromatic heterocycles. The van der Waals surface area contributed by atoms with Crippen LogP contribution in [-0.4, -0.2) is 35.4 Å². The van der Waals surface area contributed by atoms with E-state index in [9.17, 15) is 14.7 Å². The molecule has 3 N–H and O–H groups in total. The number of amides is 1. The molecule has 0 spiro atoms. The van der Waals surface area contributed by atoms with E-state index in [1.54, 1.807) is 7.05 Å². The number of hydrogen-bond donors (Lipinski definition) is 3. The van der Waals surface area contributed by atoms with E-state index < -0.39 is 0 Å². The molecule has 2 heterocycles. The van der Waals surface area contributed by atoms with Crippen LogP contribution in [0.25, 0.3) is 44.3 Å². The van der Waals surface area contributed by atoms with Gasteiger partial charge in [0.1, 0.15) is 11.3 Å². The molecule has 0 unspecified atom stereocenters. The molecular weight excluding hydrogens is 476 g/mol. The average Bonchev–Trinajstić information content (AvgIpc) is 3.53. The van der Waals surface area contributed by atoms with Crippen LogP contribution in [0.1, 0.15) is 53.0 Å². The Morgan fingerprint density at radius 2 is 1.76 bits per heavy atom. The number of nitrogens with one attached hydrogen (secondary N) is 2. The maximum absolute atomic E-state index is 13.2. The molecule has 6 heteroatoms. The Labute approximate surface area is 221 Å². The Balaban J connectivity index is 1.69. The Morgan fingerprint density at radius 3 is 2.47 bits per heavy atom. The van der Waals surface area contributed by atoms with Gasteiger partial charge in [-0.05, 0) is 42.5 Å². The number of aromatic amines is 1. The van der Waals surface area contributed by atoms with E-state index in [2.05, 4.69) is 10.3 Å². The van der Waals surface area contributed by atoms with E-state index in [-0.39, 0.29) is 23.7 Å². The molecule has 194 valence electrons. The molecule has 1 amide bonds. The van der Waals surface area contributed by atoms with Gasteiger partial charge in [0, 0.05) is 53.7 Å². The maximum atomic E-state index is 13.2. The molecular formula is C32H32N2O4. The van der Waals surface area contributed by atoms with Crippen LogP contribution < -0.4 is 5.32 Å². The van der Waals surface area contributed by atoms with Crippen LogP contribution in [0.2, 0.25) is 0 Å². The largest absolute Gasteiger partial charge is 0.454 e. The van der Waals surface area contributed by atoms with E-state index in [1.807, 2.05) is 87.6 Å².